The summed E-state index contributed by atoms with van der Waals surface area (Å²) in [7, 11) is 1.63. The highest BCUT2D eigenvalue weighted by Crippen LogP contribution is 2.35. The van der Waals surface area contributed by atoms with E-state index in [0.717, 1.165) is 61.8 Å². The summed E-state index contributed by atoms with van der Waals surface area (Å²) in [6.07, 6.45) is 2.70. The molecule has 0 amide bonds. The minimum Gasteiger partial charge on any atom is -0.495 e. The summed E-state index contributed by atoms with van der Waals surface area (Å²) >= 11 is 6.51. The van der Waals surface area contributed by atoms with Gasteiger partial charge in [0.15, 0.2) is 0 Å². The zero-order chi connectivity index (χ0) is 24.1. The predicted octanol–water partition coefficient (Wildman–Crippen LogP) is 6.47. The molecule has 0 saturated carbocycles. The SMILES string of the molecule is CCCC[C@@H]([C@@H](O)c1ccc2c(Cl)c(OC)ccc2c1)N1CCN(C(C)c2ccccc2)CC1. The van der Waals surface area contributed by atoms with Crippen molar-refractivity contribution in [2.45, 2.75) is 51.3 Å². The van der Waals surface area contributed by atoms with Crippen LogP contribution in [0.2, 0.25) is 5.02 Å². The van der Waals surface area contributed by atoms with Gasteiger partial charge in [-0.2, -0.15) is 0 Å². The van der Waals surface area contributed by atoms with Crippen molar-refractivity contribution in [3.63, 3.8) is 0 Å². The Kier molecular flexibility index (Phi) is 8.49. The average Bonchev–Trinajstić information content (AvgIpc) is 2.89. The van der Waals surface area contributed by atoms with Crippen molar-refractivity contribution in [2.24, 2.45) is 0 Å². The van der Waals surface area contributed by atoms with Crippen LogP contribution >= 0.6 is 11.6 Å². The third kappa shape index (κ3) is 5.41. The normalized spacial score (nSPS) is 18.0. The van der Waals surface area contributed by atoms with E-state index in [1.54, 1.807) is 7.11 Å². The van der Waals surface area contributed by atoms with Crippen LogP contribution < -0.4 is 4.74 Å². The Labute approximate surface area is 209 Å². The van der Waals surface area contributed by atoms with Gasteiger partial charge in [-0.25, -0.2) is 0 Å². The van der Waals surface area contributed by atoms with Gasteiger partial charge < -0.3 is 9.84 Å². The number of unbranched alkanes of at least 4 members (excludes halogenated alkanes) is 1. The van der Waals surface area contributed by atoms with Gasteiger partial charge in [0.2, 0.25) is 0 Å². The first-order valence-corrected chi connectivity index (χ1v) is 12.9. The van der Waals surface area contributed by atoms with Gasteiger partial charge in [-0.3, -0.25) is 9.80 Å². The zero-order valence-corrected chi connectivity index (χ0v) is 21.3. The Hall–Kier alpha value is -2.11. The molecule has 5 heteroatoms. The molecule has 3 aromatic carbocycles. The standard InChI is InChI=1S/C29H37ClN2O2/c1-4-5-11-26(32-18-16-31(17-19-32)21(2)22-9-7-6-8-10-22)29(33)24-12-14-25-23(20-24)13-15-27(34-3)28(25)30/h6-10,12-15,20-21,26,29,33H,4-5,11,16-19H2,1-3H3/t21?,26-,29-/m0/s1. The quantitative estimate of drug-likeness (QED) is 0.380. The van der Waals surface area contributed by atoms with Crippen molar-refractivity contribution in [2.75, 3.05) is 33.3 Å². The summed E-state index contributed by atoms with van der Waals surface area (Å²) < 4.78 is 5.35. The summed E-state index contributed by atoms with van der Waals surface area (Å²) in [4.78, 5) is 5.06. The number of halogens is 1. The van der Waals surface area contributed by atoms with Gasteiger partial charge in [0.05, 0.1) is 18.2 Å². The number of piperazine rings is 1. The van der Waals surface area contributed by atoms with Crippen LogP contribution in [0.4, 0.5) is 0 Å². The average molecular weight is 481 g/mol. The number of aliphatic hydroxyl groups excluding tert-OH is 1. The van der Waals surface area contributed by atoms with E-state index >= 15 is 0 Å². The van der Waals surface area contributed by atoms with Crippen LogP contribution in [-0.4, -0.2) is 54.2 Å². The second kappa shape index (κ2) is 11.5. The number of methoxy groups -OCH3 is 1. The lowest BCUT2D eigenvalue weighted by Gasteiger charge is -2.43. The highest BCUT2D eigenvalue weighted by molar-refractivity contribution is 6.37. The molecular weight excluding hydrogens is 444 g/mol. The molecule has 0 spiro atoms. The molecule has 0 aromatic heterocycles. The minimum atomic E-state index is -0.532. The van der Waals surface area contributed by atoms with Gasteiger partial charge in [-0.1, -0.05) is 79.9 Å². The van der Waals surface area contributed by atoms with Crippen LogP contribution in [0.25, 0.3) is 10.8 Å². The van der Waals surface area contributed by atoms with E-state index in [4.69, 9.17) is 16.3 Å². The minimum absolute atomic E-state index is 0.111. The third-order valence-electron chi connectivity index (χ3n) is 7.37. The van der Waals surface area contributed by atoms with Crippen LogP contribution in [0.1, 0.15) is 56.4 Å². The Morgan fingerprint density at radius 3 is 2.32 bits per heavy atom. The Morgan fingerprint density at radius 1 is 0.941 bits per heavy atom. The van der Waals surface area contributed by atoms with E-state index < -0.39 is 6.10 Å². The lowest BCUT2D eigenvalue weighted by Crippen LogP contribution is -2.52. The van der Waals surface area contributed by atoms with E-state index in [9.17, 15) is 5.11 Å². The van der Waals surface area contributed by atoms with Crippen LogP contribution in [0.3, 0.4) is 0 Å². The fourth-order valence-corrected chi connectivity index (χ4v) is 5.52. The van der Waals surface area contributed by atoms with Gasteiger partial charge in [-0.05, 0) is 42.0 Å². The molecule has 0 aliphatic carbocycles. The van der Waals surface area contributed by atoms with Crippen molar-refractivity contribution in [1.82, 2.24) is 9.80 Å². The number of rotatable bonds is 9. The number of nitrogens with zero attached hydrogens (tertiary/aromatic N) is 2. The van der Waals surface area contributed by atoms with Gasteiger partial charge in [0.1, 0.15) is 5.75 Å². The molecule has 4 nitrogen and oxygen atoms in total. The highest BCUT2D eigenvalue weighted by atomic mass is 35.5. The molecular formula is C29H37ClN2O2. The topological polar surface area (TPSA) is 35.9 Å². The number of ether oxygens (including phenoxy) is 1. The molecule has 3 atom stereocenters. The third-order valence-corrected chi connectivity index (χ3v) is 7.76. The molecule has 34 heavy (non-hydrogen) atoms. The second-order valence-corrected chi connectivity index (χ2v) is 9.75. The highest BCUT2D eigenvalue weighted by Gasteiger charge is 2.31. The van der Waals surface area contributed by atoms with E-state index in [-0.39, 0.29) is 6.04 Å². The number of fused-ring (bicyclic) bond motifs is 1. The number of benzene rings is 3. The van der Waals surface area contributed by atoms with E-state index in [2.05, 4.69) is 60.0 Å². The first kappa shape index (κ1) is 25.0. The second-order valence-electron chi connectivity index (χ2n) is 9.38. The molecule has 0 radical (unpaired) electrons. The predicted molar refractivity (Wildman–Crippen MR) is 142 cm³/mol. The summed E-state index contributed by atoms with van der Waals surface area (Å²) in [6, 6.07) is 21.3. The van der Waals surface area contributed by atoms with E-state index in [1.165, 1.54) is 5.56 Å². The molecule has 0 bridgehead atoms. The van der Waals surface area contributed by atoms with Crippen molar-refractivity contribution < 1.29 is 9.84 Å². The molecule has 1 fully saturated rings. The number of hydrogen-bond donors (Lipinski definition) is 1. The van der Waals surface area contributed by atoms with Crippen LogP contribution in [0, 0.1) is 0 Å². The maximum absolute atomic E-state index is 11.5. The Bertz CT molecular complexity index is 1070. The molecule has 1 N–H and O–H groups in total. The summed E-state index contributed by atoms with van der Waals surface area (Å²) in [6.45, 7) is 8.48. The van der Waals surface area contributed by atoms with Gasteiger partial charge in [0.25, 0.3) is 0 Å². The maximum Gasteiger partial charge on any atom is 0.138 e. The molecule has 4 rings (SSSR count). The summed E-state index contributed by atoms with van der Waals surface area (Å²) in [5.41, 5.74) is 2.32. The zero-order valence-electron chi connectivity index (χ0n) is 20.6. The van der Waals surface area contributed by atoms with Gasteiger partial charge in [-0.15, -0.1) is 0 Å². The summed E-state index contributed by atoms with van der Waals surface area (Å²) in [5.74, 6) is 0.672. The molecule has 1 unspecified atom stereocenters. The molecule has 1 heterocycles. The smallest absolute Gasteiger partial charge is 0.138 e. The van der Waals surface area contributed by atoms with E-state index in [0.29, 0.717) is 16.8 Å². The number of hydrogen-bond acceptors (Lipinski definition) is 4. The maximum atomic E-state index is 11.5. The van der Waals surface area contributed by atoms with Gasteiger partial charge in [0, 0.05) is 43.6 Å². The Morgan fingerprint density at radius 2 is 1.65 bits per heavy atom. The lowest BCUT2D eigenvalue weighted by atomic mass is 9.93. The van der Waals surface area contributed by atoms with Crippen LogP contribution in [-0.2, 0) is 0 Å². The first-order valence-electron chi connectivity index (χ1n) is 12.5. The molecule has 1 aliphatic heterocycles. The molecule has 1 saturated heterocycles. The van der Waals surface area contributed by atoms with Crippen molar-refractivity contribution in [3.8, 4) is 5.75 Å². The van der Waals surface area contributed by atoms with Crippen LogP contribution in [0.5, 0.6) is 5.75 Å². The van der Waals surface area contributed by atoms with Crippen molar-refractivity contribution in [1.29, 1.82) is 0 Å². The molecule has 182 valence electrons. The first-order chi connectivity index (χ1) is 16.5. The largest absolute Gasteiger partial charge is 0.495 e. The van der Waals surface area contributed by atoms with E-state index in [1.807, 2.05) is 24.3 Å². The van der Waals surface area contributed by atoms with Crippen LogP contribution in [0.15, 0.2) is 60.7 Å². The Balaban J connectivity index is 1.49. The fourth-order valence-electron chi connectivity index (χ4n) is 5.21. The van der Waals surface area contributed by atoms with Gasteiger partial charge >= 0.3 is 0 Å². The fraction of sp³-hybridized carbons (Fsp3) is 0.448. The van der Waals surface area contributed by atoms with Crippen molar-refractivity contribution >= 4 is 22.4 Å². The summed E-state index contributed by atoms with van der Waals surface area (Å²) in [5, 5.41) is 14.1. The van der Waals surface area contributed by atoms with Crippen molar-refractivity contribution in [3.05, 3.63) is 76.8 Å². The lowest BCUT2D eigenvalue weighted by molar-refractivity contribution is 0.00510. The molecule has 1 aliphatic rings. The monoisotopic (exact) mass is 480 g/mol. The number of aliphatic hydroxyl groups is 1. The molecule has 3 aromatic rings.